The number of H-pyrrole nitrogens is 1. The molecule has 9 heteroatoms. The van der Waals surface area contributed by atoms with E-state index in [4.69, 9.17) is 4.74 Å². The topological polar surface area (TPSA) is 92.7 Å². The SMILES string of the molecule is CCN(Cc1cc(Br)ccc1OC1C=CCCC1)c1ccc(-c2nnn[nH]2)nn1. The van der Waals surface area contributed by atoms with Crippen molar-refractivity contribution in [3.63, 3.8) is 0 Å². The Bertz CT molecular complexity index is 959. The highest BCUT2D eigenvalue weighted by Gasteiger charge is 2.16. The predicted molar refractivity (Wildman–Crippen MR) is 113 cm³/mol. The number of aromatic amines is 1. The molecule has 0 spiro atoms. The van der Waals surface area contributed by atoms with Crippen LogP contribution in [-0.4, -0.2) is 43.5 Å². The number of aromatic nitrogens is 6. The summed E-state index contributed by atoms with van der Waals surface area (Å²) in [5, 5.41) is 22.3. The lowest BCUT2D eigenvalue weighted by atomic mass is 10.1. The second-order valence-electron chi connectivity index (χ2n) is 6.81. The van der Waals surface area contributed by atoms with Gasteiger partial charge in [-0.1, -0.05) is 22.0 Å². The van der Waals surface area contributed by atoms with Crippen LogP contribution in [0.2, 0.25) is 0 Å². The maximum atomic E-state index is 6.29. The molecule has 0 saturated heterocycles. The minimum atomic E-state index is 0.133. The number of tetrazole rings is 1. The third-order valence-electron chi connectivity index (χ3n) is 4.82. The molecule has 1 aliphatic carbocycles. The van der Waals surface area contributed by atoms with Crippen molar-refractivity contribution < 1.29 is 4.74 Å². The van der Waals surface area contributed by atoms with E-state index in [9.17, 15) is 0 Å². The maximum Gasteiger partial charge on any atom is 0.199 e. The molecule has 2 aromatic heterocycles. The van der Waals surface area contributed by atoms with Crippen molar-refractivity contribution >= 4 is 21.7 Å². The Labute approximate surface area is 177 Å². The number of benzene rings is 1. The molecule has 0 amide bonds. The second-order valence-corrected chi connectivity index (χ2v) is 7.72. The van der Waals surface area contributed by atoms with Gasteiger partial charge in [0.15, 0.2) is 11.6 Å². The van der Waals surface area contributed by atoms with Gasteiger partial charge in [0.05, 0.1) is 0 Å². The molecule has 150 valence electrons. The van der Waals surface area contributed by atoms with E-state index < -0.39 is 0 Å². The van der Waals surface area contributed by atoms with Crippen LogP contribution in [-0.2, 0) is 6.54 Å². The van der Waals surface area contributed by atoms with E-state index in [2.05, 4.69) is 76.8 Å². The first-order chi connectivity index (χ1) is 14.2. The normalized spacial score (nSPS) is 16.0. The van der Waals surface area contributed by atoms with Crippen LogP contribution in [0.15, 0.2) is 47.0 Å². The van der Waals surface area contributed by atoms with Crippen molar-refractivity contribution in [2.45, 2.75) is 38.8 Å². The summed E-state index contributed by atoms with van der Waals surface area (Å²) >= 11 is 3.58. The molecule has 1 atom stereocenters. The van der Waals surface area contributed by atoms with Crippen LogP contribution in [0.5, 0.6) is 5.75 Å². The van der Waals surface area contributed by atoms with E-state index in [1.54, 1.807) is 0 Å². The summed E-state index contributed by atoms with van der Waals surface area (Å²) in [5.74, 6) is 2.18. The molecular formula is C20H22BrN7O. The molecule has 1 N–H and O–H groups in total. The quantitative estimate of drug-likeness (QED) is 0.539. The van der Waals surface area contributed by atoms with Crippen molar-refractivity contribution in [2.75, 3.05) is 11.4 Å². The predicted octanol–water partition coefficient (Wildman–Crippen LogP) is 3.93. The fourth-order valence-corrected chi connectivity index (χ4v) is 3.69. The summed E-state index contributed by atoms with van der Waals surface area (Å²) in [6.45, 7) is 3.55. The maximum absolute atomic E-state index is 6.29. The van der Waals surface area contributed by atoms with Gasteiger partial charge in [-0.05, 0) is 73.0 Å². The van der Waals surface area contributed by atoms with Gasteiger partial charge < -0.3 is 9.64 Å². The first-order valence-corrected chi connectivity index (χ1v) is 10.5. The zero-order valence-electron chi connectivity index (χ0n) is 16.1. The van der Waals surface area contributed by atoms with Gasteiger partial charge in [0.1, 0.15) is 17.5 Å². The Morgan fingerprint density at radius 2 is 2.14 bits per heavy atom. The molecule has 4 rings (SSSR count). The number of halogens is 1. The highest BCUT2D eigenvalue weighted by atomic mass is 79.9. The molecule has 0 radical (unpaired) electrons. The number of allylic oxidation sites excluding steroid dienone is 1. The Morgan fingerprint density at radius 1 is 1.21 bits per heavy atom. The highest BCUT2D eigenvalue weighted by Crippen LogP contribution is 2.28. The summed E-state index contributed by atoms with van der Waals surface area (Å²) in [4.78, 5) is 2.15. The Balaban J connectivity index is 1.54. The van der Waals surface area contributed by atoms with Crippen molar-refractivity contribution in [2.24, 2.45) is 0 Å². The van der Waals surface area contributed by atoms with Crippen molar-refractivity contribution in [3.8, 4) is 17.3 Å². The number of nitrogens with one attached hydrogen (secondary N) is 1. The molecule has 0 aliphatic heterocycles. The van der Waals surface area contributed by atoms with Gasteiger partial charge in [0.25, 0.3) is 0 Å². The van der Waals surface area contributed by atoms with E-state index in [0.29, 0.717) is 18.1 Å². The summed E-state index contributed by atoms with van der Waals surface area (Å²) < 4.78 is 7.32. The van der Waals surface area contributed by atoms with Crippen LogP contribution in [0.4, 0.5) is 5.82 Å². The smallest absolute Gasteiger partial charge is 0.199 e. The second kappa shape index (κ2) is 9.13. The molecule has 1 unspecified atom stereocenters. The molecule has 0 saturated carbocycles. The average molecular weight is 456 g/mol. The van der Waals surface area contributed by atoms with Gasteiger partial charge >= 0.3 is 0 Å². The molecule has 3 aromatic rings. The van der Waals surface area contributed by atoms with E-state index >= 15 is 0 Å². The first-order valence-electron chi connectivity index (χ1n) is 9.67. The number of anilines is 1. The summed E-state index contributed by atoms with van der Waals surface area (Å²) in [6.07, 6.45) is 7.84. The molecule has 2 heterocycles. The molecule has 1 aromatic carbocycles. The van der Waals surface area contributed by atoms with Crippen LogP contribution in [0.1, 0.15) is 31.7 Å². The third-order valence-corrected chi connectivity index (χ3v) is 5.31. The van der Waals surface area contributed by atoms with Crippen LogP contribution in [0.25, 0.3) is 11.5 Å². The number of hydrogen-bond donors (Lipinski definition) is 1. The first kappa shape index (κ1) is 19.5. The summed E-state index contributed by atoms with van der Waals surface area (Å²) in [6, 6.07) is 9.94. The lowest BCUT2D eigenvalue weighted by molar-refractivity contribution is 0.227. The van der Waals surface area contributed by atoms with Gasteiger partial charge in [-0.2, -0.15) is 0 Å². The Kier molecular flexibility index (Phi) is 6.14. The summed E-state index contributed by atoms with van der Waals surface area (Å²) in [5.41, 5.74) is 1.70. The molecular weight excluding hydrogens is 434 g/mol. The highest BCUT2D eigenvalue weighted by molar-refractivity contribution is 9.10. The number of hydrogen-bond acceptors (Lipinski definition) is 7. The zero-order chi connectivity index (χ0) is 20.1. The standard InChI is InChI=1S/C20H22BrN7O/c1-2-28(19-11-9-17(22-23-19)20-24-26-27-25-20)13-14-12-15(21)8-10-18(14)29-16-6-4-3-5-7-16/h4,6,8-12,16H,2-3,5,7,13H2,1H3,(H,24,25,26,27). The number of ether oxygens (including phenoxy) is 1. The van der Waals surface area contributed by atoms with Crippen molar-refractivity contribution in [3.05, 3.63) is 52.5 Å². The minimum Gasteiger partial charge on any atom is -0.486 e. The molecule has 0 bridgehead atoms. The monoisotopic (exact) mass is 455 g/mol. The lowest BCUT2D eigenvalue weighted by Crippen LogP contribution is -2.24. The van der Waals surface area contributed by atoms with Crippen molar-refractivity contribution in [1.29, 1.82) is 0 Å². The lowest BCUT2D eigenvalue weighted by Gasteiger charge is -2.25. The van der Waals surface area contributed by atoms with Gasteiger partial charge in [0, 0.05) is 23.1 Å². The van der Waals surface area contributed by atoms with Crippen LogP contribution >= 0.6 is 15.9 Å². The molecule has 1 aliphatic rings. The minimum absolute atomic E-state index is 0.133. The van der Waals surface area contributed by atoms with E-state index in [1.165, 1.54) is 0 Å². The largest absolute Gasteiger partial charge is 0.486 e. The molecule has 29 heavy (non-hydrogen) atoms. The fourth-order valence-electron chi connectivity index (χ4n) is 3.28. The van der Waals surface area contributed by atoms with Crippen LogP contribution in [0, 0.1) is 0 Å². The zero-order valence-corrected chi connectivity index (χ0v) is 17.7. The Morgan fingerprint density at radius 3 is 2.83 bits per heavy atom. The van der Waals surface area contributed by atoms with Crippen LogP contribution in [0.3, 0.4) is 0 Å². The van der Waals surface area contributed by atoms with Crippen LogP contribution < -0.4 is 9.64 Å². The van der Waals surface area contributed by atoms with Gasteiger partial charge in [-0.15, -0.1) is 15.3 Å². The molecule has 0 fully saturated rings. The van der Waals surface area contributed by atoms with Gasteiger partial charge in [0.2, 0.25) is 0 Å². The average Bonchev–Trinajstić information content (AvgIpc) is 3.30. The Hall–Kier alpha value is -2.81. The summed E-state index contributed by atoms with van der Waals surface area (Å²) in [7, 11) is 0. The third kappa shape index (κ3) is 4.79. The fraction of sp³-hybridized carbons (Fsp3) is 0.350. The van der Waals surface area contributed by atoms with Gasteiger partial charge in [-0.3, -0.25) is 0 Å². The van der Waals surface area contributed by atoms with E-state index in [0.717, 1.165) is 47.4 Å². The van der Waals surface area contributed by atoms with E-state index in [-0.39, 0.29) is 6.10 Å². The van der Waals surface area contributed by atoms with E-state index in [1.807, 2.05) is 24.3 Å². The number of rotatable bonds is 7. The number of nitrogens with zero attached hydrogens (tertiary/aromatic N) is 6. The van der Waals surface area contributed by atoms with Gasteiger partial charge in [-0.25, -0.2) is 5.10 Å². The van der Waals surface area contributed by atoms with Crippen molar-refractivity contribution in [1.82, 2.24) is 30.8 Å². The molecule has 8 nitrogen and oxygen atoms in total.